The van der Waals surface area contributed by atoms with Crippen molar-refractivity contribution >= 4 is 15.8 Å². The van der Waals surface area contributed by atoms with Crippen molar-refractivity contribution in [3.63, 3.8) is 0 Å². The molecule has 0 aliphatic carbocycles. The van der Waals surface area contributed by atoms with Gasteiger partial charge in [0.15, 0.2) is 0 Å². The summed E-state index contributed by atoms with van der Waals surface area (Å²) >= 11 is 0. The molecule has 1 heterocycles. The third kappa shape index (κ3) is 2.85. The number of ketones is 1. The van der Waals surface area contributed by atoms with Crippen molar-refractivity contribution in [3.8, 4) is 0 Å². The second-order valence-corrected chi connectivity index (χ2v) is 6.38. The average molecular weight is 307 g/mol. The van der Waals surface area contributed by atoms with Crippen molar-refractivity contribution < 1.29 is 26.4 Å². The highest BCUT2D eigenvalue weighted by molar-refractivity contribution is 7.89. The molecule has 0 atom stereocenters. The summed E-state index contributed by atoms with van der Waals surface area (Å²) in [6.45, 7) is -0.311. The lowest BCUT2D eigenvalue weighted by atomic mass is 10.1. The van der Waals surface area contributed by atoms with Gasteiger partial charge >= 0.3 is 6.18 Å². The van der Waals surface area contributed by atoms with Crippen LogP contribution in [-0.2, 0) is 21.0 Å². The van der Waals surface area contributed by atoms with Gasteiger partial charge in [-0.1, -0.05) is 12.1 Å². The summed E-state index contributed by atoms with van der Waals surface area (Å²) in [5.41, 5.74) is -1.21. The predicted molar refractivity (Wildman–Crippen MR) is 64.4 cm³/mol. The molecule has 1 aliphatic rings. The maximum atomic E-state index is 12.9. The number of benzene rings is 1. The van der Waals surface area contributed by atoms with Crippen LogP contribution in [0.1, 0.15) is 18.4 Å². The van der Waals surface area contributed by atoms with Crippen LogP contribution in [0.3, 0.4) is 0 Å². The maximum Gasteiger partial charge on any atom is 0.417 e. The van der Waals surface area contributed by atoms with Gasteiger partial charge in [0.25, 0.3) is 0 Å². The number of nitrogens with zero attached hydrogens (tertiary/aromatic N) is 1. The summed E-state index contributed by atoms with van der Waals surface area (Å²) in [5.74, 6) is -0.288. The molecule has 0 aromatic heterocycles. The van der Waals surface area contributed by atoms with Gasteiger partial charge in [-0.15, -0.1) is 0 Å². The van der Waals surface area contributed by atoms with Gasteiger partial charge in [0.05, 0.1) is 17.0 Å². The highest BCUT2D eigenvalue weighted by Crippen LogP contribution is 2.35. The Labute approximate surface area is 114 Å². The largest absolute Gasteiger partial charge is 0.417 e. The zero-order chi connectivity index (χ0) is 15.0. The highest BCUT2D eigenvalue weighted by Gasteiger charge is 2.39. The van der Waals surface area contributed by atoms with Crippen LogP contribution in [0.25, 0.3) is 0 Å². The first-order chi connectivity index (χ1) is 9.23. The summed E-state index contributed by atoms with van der Waals surface area (Å²) in [5, 5.41) is 0. The normalized spacial score (nSPS) is 18.2. The van der Waals surface area contributed by atoms with Gasteiger partial charge in [-0.25, -0.2) is 8.42 Å². The molecule has 0 N–H and O–H groups in total. The van der Waals surface area contributed by atoms with E-state index in [2.05, 4.69) is 0 Å². The molecule has 0 unspecified atom stereocenters. The quantitative estimate of drug-likeness (QED) is 0.840. The van der Waals surface area contributed by atoms with E-state index < -0.39 is 26.7 Å². The zero-order valence-electron chi connectivity index (χ0n) is 10.4. The van der Waals surface area contributed by atoms with Crippen LogP contribution >= 0.6 is 0 Å². The molecule has 2 rings (SSSR count). The molecule has 1 aromatic carbocycles. The number of carbonyl (C=O) groups is 1. The van der Waals surface area contributed by atoms with Gasteiger partial charge < -0.3 is 0 Å². The molecule has 4 nitrogen and oxygen atoms in total. The molecule has 20 heavy (non-hydrogen) atoms. The van der Waals surface area contributed by atoms with Gasteiger partial charge in [0, 0.05) is 13.0 Å². The molecule has 1 fully saturated rings. The standard InChI is InChI=1S/C12H12F3NO3S/c13-12(14,15)10-5-1-2-6-11(10)20(18,19)16-7-3-4-9(17)8-16/h1-2,5-6H,3-4,7-8H2. The molecule has 0 bridgehead atoms. The van der Waals surface area contributed by atoms with Gasteiger partial charge in [-0.2, -0.15) is 17.5 Å². The van der Waals surface area contributed by atoms with Crippen molar-refractivity contribution in [1.29, 1.82) is 0 Å². The van der Waals surface area contributed by atoms with Crippen LogP contribution in [0, 0.1) is 0 Å². The summed E-state index contributed by atoms with van der Waals surface area (Å²) in [6.07, 6.45) is -4.18. The van der Waals surface area contributed by atoms with Crippen LogP contribution in [0.15, 0.2) is 29.2 Å². The topological polar surface area (TPSA) is 54.5 Å². The summed E-state index contributed by atoms with van der Waals surface area (Å²) in [7, 11) is -4.32. The van der Waals surface area contributed by atoms with E-state index >= 15 is 0 Å². The van der Waals surface area contributed by atoms with Crippen LogP contribution in [0.5, 0.6) is 0 Å². The second-order valence-electron chi connectivity index (χ2n) is 4.47. The van der Waals surface area contributed by atoms with E-state index in [-0.39, 0.29) is 25.3 Å². The molecule has 1 aromatic rings. The Bertz CT molecular complexity index is 625. The van der Waals surface area contributed by atoms with Crippen molar-refractivity contribution in [2.45, 2.75) is 23.9 Å². The third-order valence-electron chi connectivity index (χ3n) is 3.03. The maximum absolute atomic E-state index is 12.9. The lowest BCUT2D eigenvalue weighted by molar-refractivity contribution is -0.139. The Morgan fingerprint density at radius 3 is 2.40 bits per heavy atom. The molecule has 0 radical (unpaired) electrons. The van der Waals surface area contributed by atoms with E-state index in [1.54, 1.807) is 0 Å². The Hall–Kier alpha value is -1.41. The van der Waals surface area contributed by atoms with Gasteiger partial charge in [0.1, 0.15) is 5.78 Å². The predicted octanol–water partition coefficient (Wildman–Crippen LogP) is 2.06. The number of hydrogen-bond acceptors (Lipinski definition) is 3. The Morgan fingerprint density at radius 1 is 1.15 bits per heavy atom. The molecule has 0 spiro atoms. The number of piperidine rings is 1. The molecule has 110 valence electrons. The fourth-order valence-corrected chi connectivity index (χ4v) is 3.75. The van der Waals surface area contributed by atoms with Crippen LogP contribution in [0.4, 0.5) is 13.2 Å². The number of Topliss-reactive ketones (excluding diaryl/α,β-unsaturated/α-hetero) is 1. The van der Waals surface area contributed by atoms with E-state index in [0.29, 0.717) is 6.42 Å². The van der Waals surface area contributed by atoms with Crippen molar-refractivity contribution in [3.05, 3.63) is 29.8 Å². The molecule has 8 heteroatoms. The zero-order valence-corrected chi connectivity index (χ0v) is 11.2. The Kier molecular flexibility index (Phi) is 3.88. The lowest BCUT2D eigenvalue weighted by Gasteiger charge is -2.26. The molecule has 1 aliphatic heterocycles. The first-order valence-corrected chi connectivity index (χ1v) is 7.35. The minimum absolute atomic E-state index is 0.0558. The van der Waals surface area contributed by atoms with Crippen molar-refractivity contribution in [1.82, 2.24) is 4.31 Å². The van der Waals surface area contributed by atoms with E-state index in [0.717, 1.165) is 22.5 Å². The Balaban J connectivity index is 2.47. The number of rotatable bonds is 2. The first-order valence-electron chi connectivity index (χ1n) is 5.91. The van der Waals surface area contributed by atoms with Crippen LogP contribution < -0.4 is 0 Å². The fourth-order valence-electron chi connectivity index (χ4n) is 2.08. The third-order valence-corrected chi connectivity index (χ3v) is 4.93. The number of carbonyl (C=O) groups excluding carboxylic acids is 1. The van der Waals surface area contributed by atoms with E-state index in [4.69, 9.17) is 0 Å². The Morgan fingerprint density at radius 2 is 1.80 bits per heavy atom. The SMILES string of the molecule is O=C1CCCN(S(=O)(=O)c2ccccc2C(F)(F)F)C1. The van der Waals surface area contributed by atoms with Crippen LogP contribution in [-0.4, -0.2) is 31.6 Å². The van der Waals surface area contributed by atoms with Gasteiger partial charge in [-0.05, 0) is 18.6 Å². The van der Waals surface area contributed by atoms with Gasteiger partial charge in [-0.3, -0.25) is 4.79 Å². The van der Waals surface area contributed by atoms with E-state index in [1.165, 1.54) is 6.07 Å². The monoisotopic (exact) mass is 307 g/mol. The first kappa shape index (κ1) is 15.0. The highest BCUT2D eigenvalue weighted by atomic mass is 32.2. The molecule has 0 saturated carbocycles. The van der Waals surface area contributed by atoms with Crippen LogP contribution in [0.2, 0.25) is 0 Å². The molecular weight excluding hydrogens is 295 g/mol. The minimum Gasteiger partial charge on any atom is -0.298 e. The van der Waals surface area contributed by atoms with E-state index in [9.17, 15) is 26.4 Å². The molecule has 0 amide bonds. The average Bonchev–Trinajstić information content (AvgIpc) is 2.38. The summed E-state index contributed by atoms with van der Waals surface area (Å²) in [6, 6.07) is 3.99. The summed E-state index contributed by atoms with van der Waals surface area (Å²) < 4.78 is 64.0. The number of sulfonamides is 1. The number of halogens is 3. The minimum atomic E-state index is -4.76. The second kappa shape index (κ2) is 5.17. The van der Waals surface area contributed by atoms with E-state index in [1.807, 2.05) is 0 Å². The number of hydrogen-bond donors (Lipinski definition) is 0. The van der Waals surface area contributed by atoms with Gasteiger partial charge in [0.2, 0.25) is 10.0 Å². The molecular formula is C12H12F3NO3S. The molecule has 1 saturated heterocycles. The number of alkyl halides is 3. The lowest BCUT2D eigenvalue weighted by Crippen LogP contribution is -2.40. The van der Waals surface area contributed by atoms with Crippen molar-refractivity contribution in [2.24, 2.45) is 0 Å². The summed E-state index contributed by atoms with van der Waals surface area (Å²) in [4.78, 5) is 10.5. The smallest absolute Gasteiger partial charge is 0.298 e. The fraction of sp³-hybridized carbons (Fsp3) is 0.417. The van der Waals surface area contributed by atoms with Crippen molar-refractivity contribution in [2.75, 3.05) is 13.1 Å².